The zero-order valence-electron chi connectivity index (χ0n) is 68.0. The minimum atomic E-state index is -1.99. The summed E-state index contributed by atoms with van der Waals surface area (Å²) in [7, 11) is 0. The van der Waals surface area contributed by atoms with Crippen LogP contribution in [0.5, 0.6) is 0 Å². The molecule has 17 unspecified atom stereocenters. The van der Waals surface area contributed by atoms with Gasteiger partial charge in [0.15, 0.2) is 18.9 Å². The number of hydrogen-bond donors (Lipinski definition) is 12. The predicted molar refractivity (Wildman–Crippen MR) is 438 cm³/mol. The van der Waals surface area contributed by atoms with E-state index in [4.69, 9.17) is 28.4 Å². The number of carbonyl (C=O) groups excluding carboxylic acids is 1. The van der Waals surface area contributed by atoms with Crippen molar-refractivity contribution in [3.05, 3.63) is 97.2 Å². The van der Waals surface area contributed by atoms with Crippen molar-refractivity contribution in [1.82, 2.24) is 5.32 Å². The number of ether oxygens (including phenoxy) is 6. The normalized spacial score (nSPS) is 25.8. The molecule has 0 bridgehead atoms. The van der Waals surface area contributed by atoms with Crippen molar-refractivity contribution < 1.29 is 89.4 Å². The molecule has 12 N–H and O–H groups in total. The molecule has 19 heteroatoms. The third-order valence-corrected chi connectivity index (χ3v) is 21.3. The Bertz CT molecular complexity index is 2340. The number of aliphatic hydroxyl groups is 11. The van der Waals surface area contributed by atoms with E-state index >= 15 is 0 Å². The van der Waals surface area contributed by atoms with Crippen molar-refractivity contribution in [3.63, 3.8) is 0 Å². The van der Waals surface area contributed by atoms with Crippen LogP contribution >= 0.6 is 0 Å². The summed E-state index contributed by atoms with van der Waals surface area (Å²) in [4.78, 5) is 13.5. The SMILES string of the molecule is CC/C=C\C/C=C\C/C=C\C/C=C\C/C=C\CCCCCCCCCCCCCCCCCC(=O)NC(COC1OC(CO)C(OC2OC(CO)C(OC3OC(CO)C(O)C(O)C3O)C(O)C2O)C(O)C1O)C(O)/C=C/CC/C=C/CC/C=C/CCCCCCCCCCCCCCCCCCCCCCCCC. The fourth-order valence-electron chi connectivity index (χ4n) is 14.4. The molecule has 19 nitrogen and oxygen atoms in total. The molecule has 0 aliphatic carbocycles. The second kappa shape index (κ2) is 69.1. The molecule has 0 aromatic carbocycles. The Kier molecular flexibility index (Phi) is 63.3. The highest BCUT2D eigenvalue weighted by atomic mass is 16.8. The first-order valence-electron chi connectivity index (χ1n) is 44.0. The van der Waals surface area contributed by atoms with Gasteiger partial charge in [0.2, 0.25) is 5.91 Å². The topological polar surface area (TPSA) is 307 Å². The Morgan fingerprint density at radius 3 is 1.03 bits per heavy atom. The van der Waals surface area contributed by atoms with E-state index in [0.29, 0.717) is 12.8 Å². The van der Waals surface area contributed by atoms with Crippen LogP contribution in [-0.4, -0.2) is 193 Å². The first kappa shape index (κ1) is 99.9. The van der Waals surface area contributed by atoms with Gasteiger partial charge >= 0.3 is 0 Å². The largest absolute Gasteiger partial charge is 0.394 e. The standard InChI is InChI=1S/C90H159NO18/c1-3-5-7-9-11-13-15-17-19-21-23-25-27-29-31-33-35-36-38-39-41-43-45-47-49-51-53-55-57-59-61-63-65-67-74(95)73(91-78(96)68-66-64-62-60-58-56-54-52-50-48-46-44-42-40-37-34-32-30-28-26-24-22-20-18-16-14-12-10-8-6-4-2)72-104-88-84(102)81(99)86(76(70-93)106-88)109-90-85(103)82(100)87(77(71-94)107-90)108-89-83(101)80(98)79(97)75(69-92)105-89/h6,8,12,14,18,20,24,26,30,32,49,51,57,59,65,67,73-77,79-90,92-95,97-103H,3-5,7,9-11,13,15-17,19,21-23,25,27-29,31,33-48,50,52-56,58,60-64,66,68-72H2,1-2H3,(H,91,96)/b8-6-,14-12-,20-18-,26-24-,32-30-,51-49+,59-57+,67-65+. The lowest BCUT2D eigenvalue weighted by atomic mass is 9.96. The summed E-state index contributed by atoms with van der Waals surface area (Å²) in [5.41, 5.74) is 0. The summed E-state index contributed by atoms with van der Waals surface area (Å²) >= 11 is 0. The number of hydrogen-bond acceptors (Lipinski definition) is 18. The maximum atomic E-state index is 13.5. The number of unbranched alkanes of at least 4 members (excludes halogenated alkanes) is 40. The summed E-state index contributed by atoms with van der Waals surface area (Å²) < 4.78 is 34.5. The summed E-state index contributed by atoms with van der Waals surface area (Å²) in [5.74, 6) is -0.289. The smallest absolute Gasteiger partial charge is 0.220 e. The summed E-state index contributed by atoms with van der Waals surface area (Å²) in [6.45, 7) is 1.63. The fourth-order valence-corrected chi connectivity index (χ4v) is 14.4. The second-order valence-electron chi connectivity index (χ2n) is 31.0. The van der Waals surface area contributed by atoms with E-state index in [9.17, 15) is 61.0 Å². The zero-order chi connectivity index (χ0) is 78.8. The van der Waals surface area contributed by atoms with Gasteiger partial charge in [-0.15, -0.1) is 0 Å². The minimum absolute atomic E-state index is 0.228. The number of aliphatic hydroxyl groups excluding tert-OH is 11. The van der Waals surface area contributed by atoms with Crippen molar-refractivity contribution in [2.24, 2.45) is 0 Å². The summed E-state index contributed by atoms with van der Waals surface area (Å²) in [6.07, 6.45) is 68.4. The molecule has 0 saturated carbocycles. The van der Waals surface area contributed by atoms with Crippen LogP contribution in [0.1, 0.15) is 335 Å². The molecular formula is C90H159NO18. The number of nitrogens with one attached hydrogen (secondary N) is 1. The van der Waals surface area contributed by atoms with Gasteiger partial charge in [0.25, 0.3) is 0 Å². The lowest BCUT2D eigenvalue weighted by molar-refractivity contribution is -0.379. The van der Waals surface area contributed by atoms with Crippen LogP contribution in [0.15, 0.2) is 97.2 Å². The van der Waals surface area contributed by atoms with Crippen LogP contribution in [-0.2, 0) is 33.2 Å². The van der Waals surface area contributed by atoms with Gasteiger partial charge in [-0.25, -0.2) is 0 Å². The van der Waals surface area contributed by atoms with Gasteiger partial charge in [-0.3, -0.25) is 4.79 Å². The first-order chi connectivity index (χ1) is 53.3. The van der Waals surface area contributed by atoms with Gasteiger partial charge in [-0.05, 0) is 89.9 Å². The van der Waals surface area contributed by atoms with Crippen LogP contribution in [0, 0.1) is 0 Å². The number of rotatable bonds is 70. The average molecular weight is 1540 g/mol. The van der Waals surface area contributed by atoms with E-state index in [0.717, 1.165) is 83.5 Å². The maximum absolute atomic E-state index is 13.5. The molecule has 0 aromatic rings. The molecule has 3 fully saturated rings. The molecule has 3 aliphatic heterocycles. The monoisotopic (exact) mass is 1540 g/mol. The summed E-state index contributed by atoms with van der Waals surface area (Å²) in [5, 5.41) is 121. The average Bonchev–Trinajstić information content (AvgIpc) is 0.782. The number of allylic oxidation sites excluding steroid dienone is 15. The van der Waals surface area contributed by atoms with Crippen molar-refractivity contribution >= 4 is 5.91 Å². The van der Waals surface area contributed by atoms with Gasteiger partial charge in [-0.1, -0.05) is 336 Å². The third kappa shape index (κ3) is 48.0. The molecule has 0 spiro atoms. The van der Waals surface area contributed by atoms with Crippen molar-refractivity contribution in [3.8, 4) is 0 Å². The molecule has 1 amide bonds. The quantitative estimate of drug-likeness (QED) is 0.0199. The molecular weight excluding hydrogens is 1380 g/mol. The lowest BCUT2D eigenvalue weighted by Crippen LogP contribution is -2.66. The van der Waals surface area contributed by atoms with Crippen LogP contribution in [0.25, 0.3) is 0 Å². The Hall–Kier alpha value is -3.29. The molecule has 0 aromatic heterocycles. The first-order valence-corrected chi connectivity index (χ1v) is 44.0. The zero-order valence-corrected chi connectivity index (χ0v) is 68.0. The Balaban J connectivity index is 1.36. The molecule has 0 radical (unpaired) electrons. The highest BCUT2D eigenvalue weighted by Gasteiger charge is 2.54. The predicted octanol–water partition coefficient (Wildman–Crippen LogP) is 16.3. The van der Waals surface area contributed by atoms with E-state index in [1.54, 1.807) is 6.08 Å². The van der Waals surface area contributed by atoms with Gasteiger partial charge in [0, 0.05) is 6.42 Å². The van der Waals surface area contributed by atoms with Crippen molar-refractivity contribution in [2.75, 3.05) is 26.4 Å². The fraction of sp³-hybridized carbons (Fsp3) is 0.811. The van der Waals surface area contributed by atoms with Crippen LogP contribution < -0.4 is 5.32 Å². The molecule has 17 atom stereocenters. The molecule has 109 heavy (non-hydrogen) atoms. The van der Waals surface area contributed by atoms with Crippen molar-refractivity contribution in [2.45, 2.75) is 439 Å². The number of amides is 1. The van der Waals surface area contributed by atoms with Gasteiger partial charge < -0.3 is 89.9 Å². The van der Waals surface area contributed by atoms with Crippen LogP contribution in [0.4, 0.5) is 0 Å². The highest BCUT2D eigenvalue weighted by molar-refractivity contribution is 5.76. The van der Waals surface area contributed by atoms with Crippen molar-refractivity contribution in [1.29, 1.82) is 0 Å². The summed E-state index contributed by atoms with van der Waals surface area (Å²) in [6, 6.07) is -1.00. The van der Waals surface area contributed by atoms with E-state index in [1.807, 2.05) is 6.08 Å². The van der Waals surface area contributed by atoms with Crippen LogP contribution in [0.3, 0.4) is 0 Å². The highest BCUT2D eigenvalue weighted by Crippen LogP contribution is 2.33. The molecule has 3 heterocycles. The van der Waals surface area contributed by atoms with Crippen LogP contribution in [0.2, 0.25) is 0 Å². The van der Waals surface area contributed by atoms with E-state index < -0.39 is 124 Å². The molecule has 3 aliphatic rings. The third-order valence-electron chi connectivity index (χ3n) is 21.3. The Labute approximate surface area is 660 Å². The minimum Gasteiger partial charge on any atom is -0.394 e. The second-order valence-corrected chi connectivity index (χ2v) is 31.0. The lowest BCUT2D eigenvalue weighted by Gasteiger charge is -2.48. The Morgan fingerprint density at radius 1 is 0.339 bits per heavy atom. The van der Waals surface area contributed by atoms with Gasteiger partial charge in [-0.2, -0.15) is 0 Å². The van der Waals surface area contributed by atoms with Gasteiger partial charge in [0.05, 0.1) is 38.6 Å². The van der Waals surface area contributed by atoms with E-state index in [1.165, 1.54) is 218 Å². The maximum Gasteiger partial charge on any atom is 0.220 e. The Morgan fingerprint density at radius 2 is 0.642 bits per heavy atom. The van der Waals surface area contributed by atoms with E-state index in [2.05, 4.69) is 104 Å². The molecule has 3 rings (SSSR count). The molecule has 632 valence electrons. The van der Waals surface area contributed by atoms with Gasteiger partial charge in [0.1, 0.15) is 73.2 Å². The number of carbonyl (C=O) groups is 1. The molecule has 3 saturated heterocycles. The van der Waals surface area contributed by atoms with E-state index in [-0.39, 0.29) is 18.9 Å².